The van der Waals surface area contributed by atoms with Crippen molar-refractivity contribution in [2.45, 2.75) is 11.8 Å². The Hall–Kier alpha value is -2.54. The summed E-state index contributed by atoms with van der Waals surface area (Å²) in [7, 11) is -2.44. The lowest BCUT2D eigenvalue weighted by atomic mass is 10.2. The molecule has 23 heavy (non-hydrogen) atoms. The predicted octanol–water partition coefficient (Wildman–Crippen LogP) is 1.68. The molecule has 2 N–H and O–H groups in total. The summed E-state index contributed by atoms with van der Waals surface area (Å²) in [6.07, 6.45) is 0. The number of carbonyl (C=O) groups is 1. The molecular weight excluding hydrogens is 316 g/mol. The fraction of sp³-hybridized carbons (Fsp3) is 0.188. The first kappa shape index (κ1) is 16.8. The van der Waals surface area contributed by atoms with Crippen LogP contribution in [-0.2, 0) is 14.8 Å². The minimum absolute atomic E-state index is 0.0900. The van der Waals surface area contributed by atoms with Crippen LogP contribution in [0.5, 0.6) is 5.75 Å². The summed E-state index contributed by atoms with van der Waals surface area (Å²) < 4.78 is 31.8. The van der Waals surface area contributed by atoms with Gasteiger partial charge in [-0.05, 0) is 31.2 Å². The number of hydrogen-bond donors (Lipinski definition) is 1. The molecule has 0 aliphatic rings. The van der Waals surface area contributed by atoms with Gasteiger partial charge in [-0.3, -0.25) is 9.10 Å². The van der Waals surface area contributed by atoms with Crippen LogP contribution in [0.25, 0.3) is 0 Å². The first-order chi connectivity index (χ1) is 10.8. The zero-order valence-corrected chi connectivity index (χ0v) is 13.7. The smallest absolute Gasteiger partial charge is 0.264 e. The number of primary amides is 1. The highest BCUT2D eigenvalue weighted by Crippen LogP contribution is 2.26. The lowest BCUT2D eigenvalue weighted by Gasteiger charge is -2.23. The molecule has 0 unspecified atom stereocenters. The second-order valence-electron chi connectivity index (χ2n) is 4.99. The molecule has 0 heterocycles. The Labute approximate surface area is 135 Å². The van der Waals surface area contributed by atoms with E-state index in [1.54, 1.807) is 30.3 Å². The number of methoxy groups -OCH3 is 1. The molecule has 7 heteroatoms. The quantitative estimate of drug-likeness (QED) is 0.870. The second kappa shape index (κ2) is 6.70. The fourth-order valence-electron chi connectivity index (χ4n) is 2.06. The maximum absolute atomic E-state index is 12.9. The van der Waals surface area contributed by atoms with Crippen molar-refractivity contribution in [1.82, 2.24) is 0 Å². The number of nitrogens with two attached hydrogens (primary N) is 1. The van der Waals surface area contributed by atoms with E-state index in [1.807, 2.05) is 6.92 Å². The minimum Gasteiger partial charge on any atom is -0.497 e. The molecule has 6 nitrogen and oxygen atoms in total. The molecule has 0 radical (unpaired) electrons. The van der Waals surface area contributed by atoms with Gasteiger partial charge in [-0.25, -0.2) is 8.42 Å². The van der Waals surface area contributed by atoms with Gasteiger partial charge in [0, 0.05) is 6.07 Å². The number of anilines is 1. The topological polar surface area (TPSA) is 89.7 Å². The summed E-state index contributed by atoms with van der Waals surface area (Å²) >= 11 is 0. The average molecular weight is 334 g/mol. The number of benzene rings is 2. The minimum atomic E-state index is -3.91. The van der Waals surface area contributed by atoms with Crippen molar-refractivity contribution in [3.8, 4) is 5.75 Å². The van der Waals surface area contributed by atoms with Gasteiger partial charge < -0.3 is 10.5 Å². The molecule has 1 amide bonds. The van der Waals surface area contributed by atoms with Crippen LogP contribution in [0, 0.1) is 6.92 Å². The van der Waals surface area contributed by atoms with Gasteiger partial charge in [0.25, 0.3) is 10.0 Å². The summed E-state index contributed by atoms with van der Waals surface area (Å²) in [4.78, 5) is 11.4. The van der Waals surface area contributed by atoms with Gasteiger partial charge >= 0.3 is 0 Å². The number of aryl methyl sites for hydroxylation is 1. The highest BCUT2D eigenvalue weighted by atomic mass is 32.2. The zero-order chi connectivity index (χ0) is 17.0. The lowest BCUT2D eigenvalue weighted by Crippen LogP contribution is -2.38. The van der Waals surface area contributed by atoms with Crippen molar-refractivity contribution in [3.63, 3.8) is 0 Å². The second-order valence-corrected chi connectivity index (χ2v) is 6.85. The van der Waals surface area contributed by atoms with Crippen molar-refractivity contribution in [2.75, 3.05) is 18.0 Å². The average Bonchev–Trinajstić information content (AvgIpc) is 2.52. The van der Waals surface area contributed by atoms with E-state index in [-0.39, 0.29) is 4.90 Å². The van der Waals surface area contributed by atoms with Gasteiger partial charge in [-0.1, -0.05) is 23.8 Å². The molecule has 0 bridgehead atoms. The van der Waals surface area contributed by atoms with E-state index in [2.05, 4.69) is 0 Å². The van der Waals surface area contributed by atoms with Gasteiger partial charge in [0.05, 0.1) is 17.7 Å². The van der Waals surface area contributed by atoms with E-state index in [1.165, 1.54) is 25.3 Å². The van der Waals surface area contributed by atoms with Crippen LogP contribution in [0.4, 0.5) is 5.69 Å². The van der Waals surface area contributed by atoms with Gasteiger partial charge in [0.1, 0.15) is 12.3 Å². The third-order valence-electron chi connectivity index (χ3n) is 3.25. The summed E-state index contributed by atoms with van der Waals surface area (Å²) in [6, 6.07) is 12.8. The van der Waals surface area contributed by atoms with E-state index in [4.69, 9.17) is 10.5 Å². The van der Waals surface area contributed by atoms with E-state index in [0.717, 1.165) is 9.87 Å². The van der Waals surface area contributed by atoms with Gasteiger partial charge in [-0.15, -0.1) is 0 Å². The molecule has 2 rings (SSSR count). The van der Waals surface area contributed by atoms with Gasteiger partial charge in [0.15, 0.2) is 0 Å². The molecule has 0 spiro atoms. The zero-order valence-electron chi connectivity index (χ0n) is 12.9. The number of nitrogens with zero attached hydrogens (tertiary/aromatic N) is 1. The van der Waals surface area contributed by atoms with Crippen LogP contribution >= 0.6 is 0 Å². The lowest BCUT2D eigenvalue weighted by molar-refractivity contribution is -0.116. The highest BCUT2D eigenvalue weighted by Gasteiger charge is 2.26. The first-order valence-corrected chi connectivity index (χ1v) is 8.30. The Balaban J connectivity index is 2.52. The Morgan fingerprint density at radius 3 is 2.39 bits per heavy atom. The summed E-state index contributed by atoms with van der Waals surface area (Å²) in [5, 5.41) is 0. The monoisotopic (exact) mass is 334 g/mol. The van der Waals surface area contributed by atoms with Crippen LogP contribution in [0.3, 0.4) is 0 Å². The molecule has 0 aromatic heterocycles. The van der Waals surface area contributed by atoms with Gasteiger partial charge in [-0.2, -0.15) is 0 Å². The molecule has 0 aliphatic carbocycles. The fourth-order valence-corrected chi connectivity index (χ4v) is 3.48. The largest absolute Gasteiger partial charge is 0.497 e. The maximum atomic E-state index is 12.9. The Bertz CT molecular complexity index is 801. The number of ether oxygens (including phenoxy) is 1. The molecule has 0 fully saturated rings. The number of sulfonamides is 1. The Morgan fingerprint density at radius 1 is 1.17 bits per heavy atom. The molecule has 2 aromatic carbocycles. The van der Waals surface area contributed by atoms with Crippen molar-refractivity contribution in [3.05, 3.63) is 54.1 Å². The van der Waals surface area contributed by atoms with Crippen molar-refractivity contribution in [1.29, 1.82) is 0 Å². The number of rotatable bonds is 6. The molecule has 0 atom stereocenters. The van der Waals surface area contributed by atoms with Crippen molar-refractivity contribution >= 4 is 21.6 Å². The highest BCUT2D eigenvalue weighted by molar-refractivity contribution is 7.92. The van der Waals surface area contributed by atoms with Gasteiger partial charge in [0.2, 0.25) is 5.91 Å². The number of carbonyl (C=O) groups excluding carboxylic acids is 1. The molecule has 122 valence electrons. The maximum Gasteiger partial charge on any atom is 0.264 e. The molecule has 0 saturated heterocycles. The normalized spacial score (nSPS) is 11.0. The summed E-state index contributed by atoms with van der Waals surface area (Å²) in [5.74, 6) is -0.264. The number of amides is 1. The predicted molar refractivity (Wildman–Crippen MR) is 87.9 cm³/mol. The number of hydrogen-bond acceptors (Lipinski definition) is 4. The molecule has 2 aromatic rings. The summed E-state index contributed by atoms with van der Waals surface area (Å²) in [6.45, 7) is 1.41. The van der Waals surface area contributed by atoms with Crippen LogP contribution in [0.15, 0.2) is 53.4 Å². The standard InChI is InChI=1S/C16H18N2O4S/c1-12-6-8-15(9-7-12)23(20,21)18(11-16(17)19)13-4-3-5-14(10-13)22-2/h3-10H,11H2,1-2H3,(H2,17,19). The van der Waals surface area contributed by atoms with Crippen LogP contribution in [0.2, 0.25) is 0 Å². The third kappa shape index (κ3) is 3.81. The van der Waals surface area contributed by atoms with E-state index in [9.17, 15) is 13.2 Å². The Kier molecular flexibility index (Phi) is 4.90. The first-order valence-electron chi connectivity index (χ1n) is 6.86. The Morgan fingerprint density at radius 2 is 1.83 bits per heavy atom. The van der Waals surface area contributed by atoms with Crippen molar-refractivity contribution in [2.24, 2.45) is 5.73 Å². The molecule has 0 saturated carbocycles. The summed E-state index contributed by atoms with van der Waals surface area (Å²) in [5.41, 5.74) is 6.47. The van der Waals surface area contributed by atoms with E-state index in [0.29, 0.717) is 11.4 Å². The molecular formula is C16H18N2O4S. The third-order valence-corrected chi connectivity index (χ3v) is 5.04. The van der Waals surface area contributed by atoms with Crippen LogP contribution < -0.4 is 14.8 Å². The molecule has 0 aliphatic heterocycles. The van der Waals surface area contributed by atoms with E-state index >= 15 is 0 Å². The van der Waals surface area contributed by atoms with Crippen LogP contribution in [0.1, 0.15) is 5.56 Å². The SMILES string of the molecule is COc1cccc(N(CC(N)=O)S(=O)(=O)c2ccc(C)cc2)c1. The van der Waals surface area contributed by atoms with Crippen LogP contribution in [-0.4, -0.2) is 28.0 Å². The van der Waals surface area contributed by atoms with Crippen molar-refractivity contribution < 1.29 is 17.9 Å². The van der Waals surface area contributed by atoms with E-state index < -0.39 is 22.5 Å².